The van der Waals surface area contributed by atoms with Gasteiger partial charge in [-0.3, -0.25) is 0 Å². The first-order chi connectivity index (χ1) is 19.8. The van der Waals surface area contributed by atoms with Crippen LogP contribution in [0.25, 0.3) is 0 Å². The maximum absolute atomic E-state index is 10.8. The Hall–Kier alpha value is -3.91. The minimum Gasteiger partial charge on any atom is -0.478 e. The van der Waals surface area contributed by atoms with Crippen LogP contribution < -0.4 is 0 Å². The summed E-state index contributed by atoms with van der Waals surface area (Å²) in [5.74, 6) is -0.902. The van der Waals surface area contributed by atoms with Crippen LogP contribution in [0.3, 0.4) is 0 Å². The first-order valence-corrected chi connectivity index (χ1v) is 14.8. The van der Waals surface area contributed by atoms with Gasteiger partial charge in [0, 0.05) is 5.57 Å². The van der Waals surface area contributed by atoms with Gasteiger partial charge in [-0.25, -0.2) is 4.79 Å². The Kier molecular flexibility index (Phi) is 16.6. The van der Waals surface area contributed by atoms with Crippen LogP contribution in [-0.4, -0.2) is 11.1 Å². The molecule has 0 amide bonds. The summed E-state index contributed by atoms with van der Waals surface area (Å²) in [5, 5.41) is 8.87. The highest BCUT2D eigenvalue weighted by atomic mass is 16.4. The summed E-state index contributed by atoms with van der Waals surface area (Å²) >= 11 is 0. The molecule has 0 spiro atoms. The first kappa shape index (κ1) is 36.1. The number of carboxylic acid groups (broad SMARTS) is 1. The highest BCUT2D eigenvalue weighted by molar-refractivity contribution is 5.86. The number of allylic oxidation sites excluding steroid dienone is 25. The first-order valence-electron chi connectivity index (χ1n) is 14.8. The van der Waals surface area contributed by atoms with Crippen molar-refractivity contribution in [1.29, 1.82) is 0 Å². The monoisotopic (exact) mass is 564 g/mol. The van der Waals surface area contributed by atoms with Crippen molar-refractivity contribution >= 4 is 5.97 Å². The second kappa shape index (κ2) is 19.3. The van der Waals surface area contributed by atoms with Gasteiger partial charge in [-0.1, -0.05) is 157 Å². The summed E-state index contributed by atoms with van der Waals surface area (Å²) in [6, 6.07) is 0. The molecule has 0 aromatic carbocycles. The Morgan fingerprint density at radius 2 is 1.00 bits per heavy atom. The Bertz CT molecular complexity index is 1330. The summed E-state index contributed by atoms with van der Waals surface area (Å²) in [6.45, 7) is 19.0. The van der Waals surface area contributed by atoms with E-state index >= 15 is 0 Å². The molecule has 1 N–H and O–H groups in total. The highest BCUT2D eigenvalue weighted by Gasteiger charge is 2.26. The van der Waals surface area contributed by atoms with Gasteiger partial charge in [0.05, 0.1) is 0 Å². The van der Waals surface area contributed by atoms with Crippen molar-refractivity contribution in [2.24, 2.45) is 5.41 Å². The lowest BCUT2D eigenvalue weighted by atomic mass is 9.72. The summed E-state index contributed by atoms with van der Waals surface area (Å²) in [5.41, 5.74) is 9.42. The third kappa shape index (κ3) is 15.8. The van der Waals surface area contributed by atoms with Crippen molar-refractivity contribution in [3.8, 4) is 0 Å². The molecule has 1 aliphatic carbocycles. The van der Waals surface area contributed by atoms with Crippen LogP contribution in [0, 0.1) is 5.41 Å². The number of hydrogen-bond acceptors (Lipinski definition) is 1. The molecule has 0 unspecified atom stereocenters. The number of carboxylic acids is 1. The van der Waals surface area contributed by atoms with Gasteiger partial charge in [0.2, 0.25) is 0 Å². The fourth-order valence-electron chi connectivity index (χ4n) is 4.39. The highest BCUT2D eigenvalue weighted by Crippen LogP contribution is 2.40. The summed E-state index contributed by atoms with van der Waals surface area (Å²) in [7, 11) is 0. The Morgan fingerprint density at radius 3 is 1.40 bits per heavy atom. The van der Waals surface area contributed by atoms with E-state index in [1.54, 1.807) is 19.1 Å². The van der Waals surface area contributed by atoms with Crippen molar-refractivity contribution < 1.29 is 9.90 Å². The quantitative estimate of drug-likeness (QED) is 0.178. The van der Waals surface area contributed by atoms with E-state index in [9.17, 15) is 4.79 Å². The zero-order valence-electron chi connectivity index (χ0n) is 27.4. The normalized spacial score (nSPS) is 18.9. The smallest absolute Gasteiger partial charge is 0.331 e. The van der Waals surface area contributed by atoms with E-state index < -0.39 is 5.97 Å². The van der Waals surface area contributed by atoms with Crippen LogP contribution in [-0.2, 0) is 4.79 Å². The Labute approximate surface area is 256 Å². The molecule has 0 fully saturated rings. The third-order valence-corrected chi connectivity index (χ3v) is 7.08. The average Bonchev–Trinajstić information content (AvgIpc) is 2.90. The zero-order chi connectivity index (χ0) is 31.5. The lowest BCUT2D eigenvalue weighted by Crippen LogP contribution is -2.19. The standard InChI is InChI=1S/C40H52O2/c1-31(19-12-21-33(3)22-13-23-34(4)25-15-26-37(7)39(41)42)17-10-11-18-32(2)20-14-24-35(5)28-29-38-36(6)27-16-30-40(38,8)9/h10-15,17-26,28-29H,16,27,30H2,1-9H3,(H,41,42)/b11-10+,19-12+,20-14+,22-13+,25-15+,29-28+,31-17+,32-18+,33-21+,34-23+,35-24+,37-26+. The van der Waals surface area contributed by atoms with Gasteiger partial charge in [-0.2, -0.15) is 0 Å². The molecule has 0 aliphatic heterocycles. The van der Waals surface area contributed by atoms with Crippen LogP contribution in [0.2, 0.25) is 0 Å². The third-order valence-electron chi connectivity index (χ3n) is 7.08. The Balaban J connectivity index is 2.61. The van der Waals surface area contributed by atoms with Crippen LogP contribution in [0.4, 0.5) is 0 Å². The minimum absolute atomic E-state index is 0.275. The molecule has 0 heterocycles. The number of aliphatic carboxylic acids is 1. The average molecular weight is 565 g/mol. The van der Waals surface area contributed by atoms with Gasteiger partial charge >= 0.3 is 5.97 Å². The van der Waals surface area contributed by atoms with Gasteiger partial charge < -0.3 is 5.11 Å². The molecule has 42 heavy (non-hydrogen) atoms. The molecule has 2 nitrogen and oxygen atoms in total. The van der Waals surface area contributed by atoms with Gasteiger partial charge in [0.15, 0.2) is 0 Å². The fourth-order valence-corrected chi connectivity index (χ4v) is 4.39. The van der Waals surface area contributed by atoms with Gasteiger partial charge in [0.1, 0.15) is 0 Å². The molecule has 0 radical (unpaired) electrons. The second-order valence-electron chi connectivity index (χ2n) is 11.8. The SMILES string of the molecule is CC1=C(/C=C/C(C)=C/C=C/C(C)=C/C=C/C=C(C)/C=C/C=C(C)/C=C/C=C(C)/C=C/C=C(\C)C(=O)O)C(C)(C)CCC1. The van der Waals surface area contributed by atoms with E-state index in [1.807, 2.05) is 31.2 Å². The minimum atomic E-state index is -0.902. The number of carbonyl (C=O) groups is 1. The molecule has 0 aromatic heterocycles. The van der Waals surface area contributed by atoms with Crippen molar-refractivity contribution in [1.82, 2.24) is 0 Å². The topological polar surface area (TPSA) is 37.3 Å². The van der Waals surface area contributed by atoms with E-state index in [1.165, 1.54) is 47.1 Å². The van der Waals surface area contributed by atoms with E-state index in [2.05, 4.69) is 121 Å². The van der Waals surface area contributed by atoms with E-state index in [0.717, 1.165) is 11.1 Å². The van der Waals surface area contributed by atoms with Gasteiger partial charge in [-0.05, 0) is 78.7 Å². The summed E-state index contributed by atoms with van der Waals surface area (Å²) in [4.78, 5) is 10.8. The number of rotatable bonds is 13. The molecule has 1 rings (SSSR count). The van der Waals surface area contributed by atoms with Gasteiger partial charge in [-0.15, -0.1) is 0 Å². The van der Waals surface area contributed by atoms with E-state index in [-0.39, 0.29) is 5.41 Å². The summed E-state index contributed by atoms with van der Waals surface area (Å²) in [6.07, 6.45) is 40.6. The fraction of sp³-hybridized carbons (Fsp3) is 0.325. The molecular formula is C40H52O2. The molecule has 1 aliphatic rings. The largest absolute Gasteiger partial charge is 0.478 e. The van der Waals surface area contributed by atoms with E-state index in [4.69, 9.17) is 5.11 Å². The van der Waals surface area contributed by atoms with Crippen LogP contribution >= 0.6 is 0 Å². The Morgan fingerprint density at radius 1 is 0.619 bits per heavy atom. The molecule has 224 valence electrons. The molecule has 0 bridgehead atoms. The van der Waals surface area contributed by atoms with Crippen molar-refractivity contribution in [3.63, 3.8) is 0 Å². The predicted octanol–water partition coefficient (Wildman–Crippen LogP) is 11.6. The molecule has 0 aromatic rings. The maximum Gasteiger partial charge on any atom is 0.331 e. The van der Waals surface area contributed by atoms with Gasteiger partial charge in [0.25, 0.3) is 0 Å². The van der Waals surface area contributed by atoms with Crippen molar-refractivity contribution in [2.75, 3.05) is 0 Å². The maximum atomic E-state index is 10.8. The van der Waals surface area contributed by atoms with Crippen molar-refractivity contribution in [2.45, 2.75) is 81.6 Å². The molecular weight excluding hydrogens is 512 g/mol. The lowest BCUT2D eigenvalue weighted by Gasteiger charge is -2.32. The van der Waals surface area contributed by atoms with Crippen molar-refractivity contribution in [3.05, 3.63) is 154 Å². The van der Waals surface area contributed by atoms with Crippen LogP contribution in [0.15, 0.2) is 154 Å². The lowest BCUT2D eigenvalue weighted by molar-refractivity contribution is -0.132. The van der Waals surface area contributed by atoms with E-state index in [0.29, 0.717) is 5.57 Å². The molecule has 0 saturated heterocycles. The zero-order valence-corrected chi connectivity index (χ0v) is 27.4. The summed E-state index contributed by atoms with van der Waals surface area (Å²) < 4.78 is 0. The second-order valence-corrected chi connectivity index (χ2v) is 11.8. The predicted molar refractivity (Wildman–Crippen MR) is 185 cm³/mol. The van der Waals surface area contributed by atoms with Crippen LogP contribution in [0.1, 0.15) is 81.6 Å². The van der Waals surface area contributed by atoms with Crippen LogP contribution in [0.5, 0.6) is 0 Å². The molecule has 2 heteroatoms. The number of hydrogen-bond donors (Lipinski definition) is 1. The molecule has 0 atom stereocenters. The molecule has 0 saturated carbocycles.